The summed E-state index contributed by atoms with van der Waals surface area (Å²) < 4.78 is 16.5. The highest BCUT2D eigenvalue weighted by atomic mass is 127. The summed E-state index contributed by atoms with van der Waals surface area (Å²) in [7, 11) is 3.26. The molecule has 1 aliphatic heterocycles. The first-order valence-electron chi connectivity index (χ1n) is 9.22. The van der Waals surface area contributed by atoms with Crippen molar-refractivity contribution in [1.29, 1.82) is 0 Å². The van der Waals surface area contributed by atoms with E-state index < -0.39 is 0 Å². The molecule has 9 heteroatoms. The van der Waals surface area contributed by atoms with Crippen molar-refractivity contribution in [2.75, 3.05) is 40.5 Å². The van der Waals surface area contributed by atoms with E-state index in [1.807, 2.05) is 13.0 Å². The van der Waals surface area contributed by atoms with Gasteiger partial charge in [-0.25, -0.2) is 0 Å². The number of hydrogen-bond acceptors (Lipinski definition) is 5. The molecule has 28 heavy (non-hydrogen) atoms. The lowest BCUT2D eigenvalue weighted by Gasteiger charge is -2.15. The van der Waals surface area contributed by atoms with Crippen molar-refractivity contribution in [3.8, 4) is 11.5 Å². The van der Waals surface area contributed by atoms with Crippen molar-refractivity contribution in [1.82, 2.24) is 16.0 Å². The minimum atomic E-state index is -0.120. The van der Waals surface area contributed by atoms with Gasteiger partial charge in [0.25, 0.3) is 0 Å². The highest BCUT2D eigenvalue weighted by Gasteiger charge is 2.21. The molecule has 0 aromatic heterocycles. The van der Waals surface area contributed by atoms with E-state index in [1.165, 1.54) is 5.56 Å². The molecule has 0 radical (unpaired) electrons. The van der Waals surface area contributed by atoms with Gasteiger partial charge < -0.3 is 30.2 Å². The van der Waals surface area contributed by atoms with Gasteiger partial charge >= 0.3 is 0 Å². The van der Waals surface area contributed by atoms with Crippen molar-refractivity contribution < 1.29 is 19.0 Å². The molecule has 1 heterocycles. The number of halogens is 1. The zero-order chi connectivity index (χ0) is 19.6. The predicted octanol–water partition coefficient (Wildman–Crippen LogP) is 1.45. The highest BCUT2D eigenvalue weighted by molar-refractivity contribution is 14.0. The third-order valence-electron chi connectivity index (χ3n) is 4.09. The number of hydrogen-bond donors (Lipinski definition) is 3. The van der Waals surface area contributed by atoms with Gasteiger partial charge in [-0.15, -0.1) is 24.0 Å². The number of rotatable bonds is 9. The lowest BCUT2D eigenvalue weighted by Crippen LogP contribution is -2.43. The summed E-state index contributed by atoms with van der Waals surface area (Å²) in [4.78, 5) is 15.9. The Morgan fingerprint density at radius 3 is 2.79 bits per heavy atom. The third kappa shape index (κ3) is 7.34. The van der Waals surface area contributed by atoms with Crippen molar-refractivity contribution >= 4 is 35.8 Å². The first-order chi connectivity index (χ1) is 13.1. The number of ether oxygens (including phenoxy) is 3. The standard InChI is InChI=1S/C19H30N4O4.HI/c1-5-26-16-9-14-8-13(2)27-17(14)10-15(16)11-22-19(20-3)23-12-18(24)21-6-7-25-4;/h9-10,13H,5-8,11-12H2,1-4H3,(H,21,24)(H2,20,22,23);1H. The Bertz CT molecular complexity index is 670. The first-order valence-corrected chi connectivity index (χ1v) is 9.22. The van der Waals surface area contributed by atoms with Crippen molar-refractivity contribution in [2.24, 2.45) is 4.99 Å². The number of amides is 1. The Kier molecular flexibility index (Phi) is 11.0. The summed E-state index contributed by atoms with van der Waals surface area (Å²) in [5.74, 6) is 2.16. The summed E-state index contributed by atoms with van der Waals surface area (Å²) in [6, 6.07) is 4.07. The second kappa shape index (κ2) is 12.7. The monoisotopic (exact) mass is 506 g/mol. The van der Waals surface area contributed by atoms with Gasteiger partial charge in [0.15, 0.2) is 5.96 Å². The summed E-state index contributed by atoms with van der Waals surface area (Å²) in [5.41, 5.74) is 2.15. The highest BCUT2D eigenvalue weighted by Crippen LogP contribution is 2.35. The summed E-state index contributed by atoms with van der Waals surface area (Å²) in [6.07, 6.45) is 1.08. The maximum absolute atomic E-state index is 11.8. The summed E-state index contributed by atoms with van der Waals surface area (Å²) in [6.45, 7) is 6.22. The topological polar surface area (TPSA) is 93.2 Å². The predicted molar refractivity (Wildman–Crippen MR) is 120 cm³/mol. The Labute approximate surface area is 183 Å². The molecule has 158 valence electrons. The summed E-state index contributed by atoms with van der Waals surface area (Å²) >= 11 is 0. The number of carbonyl (C=O) groups is 1. The molecule has 0 spiro atoms. The normalized spacial score (nSPS) is 15.1. The fraction of sp³-hybridized carbons (Fsp3) is 0.579. The Morgan fingerprint density at radius 2 is 2.11 bits per heavy atom. The van der Waals surface area contributed by atoms with E-state index in [1.54, 1.807) is 14.2 Å². The average molecular weight is 506 g/mol. The maximum atomic E-state index is 11.8. The van der Waals surface area contributed by atoms with Crippen molar-refractivity contribution in [3.63, 3.8) is 0 Å². The zero-order valence-electron chi connectivity index (χ0n) is 17.0. The number of aliphatic imine (C=N–C) groups is 1. The fourth-order valence-corrected chi connectivity index (χ4v) is 2.83. The molecule has 1 aromatic carbocycles. The largest absolute Gasteiger partial charge is 0.494 e. The molecule has 1 aromatic rings. The van der Waals surface area contributed by atoms with Gasteiger partial charge in [-0.05, 0) is 26.0 Å². The quantitative estimate of drug-likeness (QED) is 0.203. The number of fused-ring (bicyclic) bond motifs is 1. The molecule has 0 saturated carbocycles. The lowest BCUT2D eigenvalue weighted by atomic mass is 10.1. The fourth-order valence-electron chi connectivity index (χ4n) is 2.83. The van der Waals surface area contributed by atoms with Crippen LogP contribution in [-0.2, 0) is 22.5 Å². The molecule has 0 saturated heterocycles. The molecule has 0 bridgehead atoms. The molecule has 0 aliphatic carbocycles. The van der Waals surface area contributed by atoms with E-state index in [2.05, 4.69) is 33.9 Å². The Hall–Kier alpha value is -1.75. The molecule has 1 unspecified atom stereocenters. The molecule has 1 atom stereocenters. The maximum Gasteiger partial charge on any atom is 0.239 e. The number of carbonyl (C=O) groups excluding carboxylic acids is 1. The molecule has 1 aliphatic rings. The van der Waals surface area contributed by atoms with Crippen LogP contribution >= 0.6 is 24.0 Å². The second-order valence-corrected chi connectivity index (χ2v) is 6.26. The summed E-state index contributed by atoms with van der Waals surface area (Å²) in [5, 5.41) is 8.95. The van der Waals surface area contributed by atoms with Crippen molar-refractivity contribution in [2.45, 2.75) is 32.9 Å². The van der Waals surface area contributed by atoms with Gasteiger partial charge in [0.2, 0.25) is 5.91 Å². The van der Waals surface area contributed by atoms with Crippen molar-refractivity contribution in [3.05, 3.63) is 23.3 Å². The molecule has 2 rings (SSSR count). The minimum absolute atomic E-state index is 0. The van der Waals surface area contributed by atoms with Gasteiger partial charge in [0, 0.05) is 44.8 Å². The van der Waals surface area contributed by atoms with Crippen LogP contribution in [0.25, 0.3) is 0 Å². The van der Waals surface area contributed by atoms with E-state index in [-0.39, 0.29) is 42.5 Å². The van der Waals surface area contributed by atoms with Gasteiger partial charge in [0.05, 0.1) is 19.8 Å². The first kappa shape index (κ1) is 24.3. The Morgan fingerprint density at radius 1 is 1.32 bits per heavy atom. The van der Waals surface area contributed by atoms with E-state index in [0.717, 1.165) is 23.5 Å². The van der Waals surface area contributed by atoms with Crippen LogP contribution in [0.4, 0.5) is 0 Å². The van der Waals surface area contributed by atoms with Crippen LogP contribution in [0.5, 0.6) is 11.5 Å². The molecule has 3 N–H and O–H groups in total. The van der Waals surface area contributed by atoms with Gasteiger partial charge in [-0.3, -0.25) is 9.79 Å². The van der Waals surface area contributed by atoms with E-state index in [4.69, 9.17) is 14.2 Å². The van der Waals surface area contributed by atoms with Crippen LogP contribution in [0, 0.1) is 0 Å². The van der Waals surface area contributed by atoms with Crippen LogP contribution < -0.4 is 25.4 Å². The van der Waals surface area contributed by atoms with E-state index in [0.29, 0.717) is 32.3 Å². The van der Waals surface area contributed by atoms with Gasteiger partial charge in [-0.1, -0.05) is 0 Å². The zero-order valence-corrected chi connectivity index (χ0v) is 19.3. The lowest BCUT2D eigenvalue weighted by molar-refractivity contribution is -0.120. The van der Waals surface area contributed by atoms with E-state index in [9.17, 15) is 4.79 Å². The number of methoxy groups -OCH3 is 1. The number of benzene rings is 1. The van der Waals surface area contributed by atoms with Crippen LogP contribution in [0.15, 0.2) is 17.1 Å². The van der Waals surface area contributed by atoms with E-state index >= 15 is 0 Å². The van der Waals surface area contributed by atoms with Crippen LogP contribution in [0.1, 0.15) is 25.0 Å². The SMILES string of the molecule is CCOc1cc2c(cc1CNC(=NC)NCC(=O)NCCOC)OC(C)C2.I. The van der Waals surface area contributed by atoms with Crippen LogP contribution in [0.2, 0.25) is 0 Å². The Balaban J connectivity index is 0.00000392. The molecule has 8 nitrogen and oxygen atoms in total. The molecular weight excluding hydrogens is 475 g/mol. The van der Waals surface area contributed by atoms with Crippen LogP contribution in [-0.4, -0.2) is 58.4 Å². The number of guanidine groups is 1. The van der Waals surface area contributed by atoms with Gasteiger partial charge in [-0.2, -0.15) is 0 Å². The second-order valence-electron chi connectivity index (χ2n) is 6.26. The smallest absolute Gasteiger partial charge is 0.239 e. The number of nitrogens with zero attached hydrogens (tertiary/aromatic N) is 1. The molecule has 1 amide bonds. The third-order valence-corrected chi connectivity index (χ3v) is 4.09. The van der Waals surface area contributed by atoms with Gasteiger partial charge in [0.1, 0.15) is 17.6 Å². The molecule has 0 fully saturated rings. The number of nitrogens with one attached hydrogen (secondary N) is 3. The van der Waals surface area contributed by atoms with Crippen LogP contribution in [0.3, 0.4) is 0 Å². The molecular formula is C19H31IN4O4. The average Bonchev–Trinajstić information content (AvgIpc) is 3.01. The minimum Gasteiger partial charge on any atom is -0.494 e.